The number of hydrogen-bond donors (Lipinski definition) is 2. The Bertz CT molecular complexity index is 656. The number of nitrogens with zero attached hydrogens (tertiary/aromatic N) is 1. The van der Waals surface area contributed by atoms with Crippen LogP contribution < -0.4 is 10.1 Å². The Balaban J connectivity index is 2.09. The normalized spacial score (nSPS) is 10.7. The molecule has 0 heterocycles. The molecule has 0 saturated carbocycles. The Morgan fingerprint density at radius 1 is 1.12 bits per heavy atom. The van der Waals surface area contributed by atoms with Crippen LogP contribution >= 0.6 is 0 Å². The molecular weight excluding hydrogens is 304 g/mol. The van der Waals surface area contributed by atoms with Crippen molar-refractivity contribution < 1.29 is 14.6 Å². The van der Waals surface area contributed by atoms with Crippen molar-refractivity contribution in [3.8, 4) is 5.75 Å². The van der Waals surface area contributed by atoms with Gasteiger partial charge in [0.2, 0.25) is 0 Å². The van der Waals surface area contributed by atoms with Crippen LogP contribution in [0.15, 0.2) is 48.5 Å². The second-order valence-corrected chi connectivity index (χ2v) is 5.52. The maximum absolute atomic E-state index is 11.6. The van der Waals surface area contributed by atoms with Gasteiger partial charge in [-0.3, -0.25) is 9.69 Å². The number of carbonyl (C=O) groups excluding carboxylic acids is 1. The number of nitrogens with one attached hydrogen (secondary N) is 1. The monoisotopic (exact) mass is 328 g/mol. The molecule has 0 aromatic heterocycles. The van der Waals surface area contributed by atoms with Gasteiger partial charge >= 0.3 is 0 Å². The molecule has 2 N–H and O–H groups in total. The van der Waals surface area contributed by atoms with Gasteiger partial charge in [-0.05, 0) is 23.8 Å². The van der Waals surface area contributed by atoms with Crippen LogP contribution in [0.5, 0.6) is 5.75 Å². The summed E-state index contributed by atoms with van der Waals surface area (Å²) in [6.45, 7) is 2.02. The molecule has 0 bridgehead atoms. The summed E-state index contributed by atoms with van der Waals surface area (Å²) in [4.78, 5) is 13.7. The molecule has 0 fully saturated rings. The maximum Gasteiger partial charge on any atom is 0.251 e. The number of aliphatic hydroxyl groups excluding tert-OH is 1. The third kappa shape index (κ3) is 4.81. The molecule has 0 aliphatic heterocycles. The van der Waals surface area contributed by atoms with Crippen LogP contribution in [0.2, 0.25) is 0 Å². The predicted molar refractivity (Wildman–Crippen MR) is 94.0 cm³/mol. The highest BCUT2D eigenvalue weighted by Crippen LogP contribution is 2.20. The first-order chi connectivity index (χ1) is 11.7. The number of hydrogen-bond acceptors (Lipinski definition) is 4. The van der Waals surface area contributed by atoms with E-state index in [4.69, 9.17) is 4.74 Å². The van der Waals surface area contributed by atoms with Crippen LogP contribution in [0.1, 0.15) is 21.5 Å². The Morgan fingerprint density at radius 3 is 2.46 bits per heavy atom. The lowest BCUT2D eigenvalue weighted by atomic mass is 10.1. The molecule has 5 nitrogen and oxygen atoms in total. The zero-order valence-corrected chi connectivity index (χ0v) is 14.2. The largest absolute Gasteiger partial charge is 0.496 e. The first-order valence-electron chi connectivity index (χ1n) is 7.94. The molecule has 5 heteroatoms. The number of ether oxygens (including phenoxy) is 1. The van der Waals surface area contributed by atoms with E-state index in [1.807, 2.05) is 48.5 Å². The van der Waals surface area contributed by atoms with Gasteiger partial charge in [-0.2, -0.15) is 0 Å². The summed E-state index contributed by atoms with van der Waals surface area (Å²) in [5, 5.41) is 12.0. The van der Waals surface area contributed by atoms with Crippen molar-refractivity contribution in [2.75, 3.05) is 27.3 Å². The summed E-state index contributed by atoms with van der Waals surface area (Å²) in [6.07, 6.45) is 0. The van der Waals surface area contributed by atoms with Crippen molar-refractivity contribution in [3.63, 3.8) is 0 Å². The maximum atomic E-state index is 11.6. The lowest BCUT2D eigenvalue weighted by molar-refractivity contribution is 0.0963. The highest BCUT2D eigenvalue weighted by Gasteiger charge is 2.11. The van der Waals surface area contributed by atoms with Crippen molar-refractivity contribution in [3.05, 3.63) is 65.2 Å². The fourth-order valence-corrected chi connectivity index (χ4v) is 2.59. The Morgan fingerprint density at radius 2 is 1.83 bits per heavy atom. The van der Waals surface area contributed by atoms with E-state index in [1.165, 1.54) is 0 Å². The summed E-state index contributed by atoms with van der Waals surface area (Å²) in [5.74, 6) is 0.748. The minimum absolute atomic E-state index is 0.0888. The highest BCUT2D eigenvalue weighted by atomic mass is 16.5. The van der Waals surface area contributed by atoms with Gasteiger partial charge in [-0.25, -0.2) is 0 Å². The molecule has 24 heavy (non-hydrogen) atoms. The van der Waals surface area contributed by atoms with Gasteiger partial charge in [-0.1, -0.05) is 30.3 Å². The van der Waals surface area contributed by atoms with Crippen molar-refractivity contribution in [1.82, 2.24) is 10.2 Å². The fraction of sp³-hybridized carbons (Fsp3) is 0.316. The van der Waals surface area contributed by atoms with Crippen molar-refractivity contribution in [2.24, 2.45) is 0 Å². The van der Waals surface area contributed by atoms with Gasteiger partial charge in [0, 0.05) is 37.8 Å². The van der Waals surface area contributed by atoms with Crippen LogP contribution in [0.25, 0.3) is 0 Å². The van der Waals surface area contributed by atoms with Crippen LogP contribution in [-0.2, 0) is 13.1 Å². The first kappa shape index (κ1) is 18.0. The van der Waals surface area contributed by atoms with E-state index in [2.05, 4.69) is 10.2 Å². The molecule has 2 aromatic carbocycles. The summed E-state index contributed by atoms with van der Waals surface area (Å²) < 4.78 is 5.40. The van der Waals surface area contributed by atoms with E-state index >= 15 is 0 Å². The first-order valence-corrected chi connectivity index (χ1v) is 7.94. The predicted octanol–water partition coefficient (Wildman–Crippen LogP) is 2.05. The minimum Gasteiger partial charge on any atom is -0.496 e. The van der Waals surface area contributed by atoms with Gasteiger partial charge in [-0.15, -0.1) is 0 Å². The lowest BCUT2D eigenvalue weighted by Gasteiger charge is -2.22. The fourth-order valence-electron chi connectivity index (χ4n) is 2.59. The van der Waals surface area contributed by atoms with Crippen molar-refractivity contribution >= 4 is 5.91 Å². The van der Waals surface area contributed by atoms with E-state index in [0.29, 0.717) is 25.2 Å². The quantitative estimate of drug-likeness (QED) is 0.778. The molecule has 0 atom stereocenters. The third-order valence-electron chi connectivity index (χ3n) is 3.85. The molecule has 128 valence electrons. The number of para-hydroxylation sites is 1. The number of methoxy groups -OCH3 is 1. The van der Waals surface area contributed by atoms with Crippen molar-refractivity contribution in [2.45, 2.75) is 13.1 Å². The van der Waals surface area contributed by atoms with E-state index in [0.717, 1.165) is 16.9 Å². The minimum atomic E-state index is -0.0946. The SMILES string of the molecule is CNC(=O)c1ccc(CN(CCO)Cc2ccccc2OC)cc1. The molecule has 0 aliphatic rings. The van der Waals surface area contributed by atoms with Crippen molar-refractivity contribution in [1.29, 1.82) is 0 Å². The summed E-state index contributed by atoms with van der Waals surface area (Å²) in [7, 11) is 3.28. The smallest absolute Gasteiger partial charge is 0.251 e. The van der Waals surface area contributed by atoms with Crippen LogP contribution in [-0.4, -0.2) is 43.2 Å². The van der Waals surface area contributed by atoms with E-state index < -0.39 is 0 Å². The molecule has 2 aromatic rings. The molecule has 0 radical (unpaired) electrons. The average molecular weight is 328 g/mol. The van der Waals surface area contributed by atoms with E-state index in [1.54, 1.807) is 14.2 Å². The molecule has 0 unspecified atom stereocenters. The van der Waals surface area contributed by atoms with E-state index in [-0.39, 0.29) is 12.5 Å². The van der Waals surface area contributed by atoms with E-state index in [9.17, 15) is 9.90 Å². The molecule has 2 rings (SSSR count). The molecule has 0 saturated heterocycles. The van der Waals surface area contributed by atoms with Gasteiger partial charge < -0.3 is 15.2 Å². The zero-order valence-electron chi connectivity index (χ0n) is 14.2. The standard InChI is InChI=1S/C19H24N2O3/c1-20-19(23)16-9-7-15(8-10-16)13-21(11-12-22)14-17-5-3-4-6-18(17)24-2/h3-10,22H,11-14H2,1-2H3,(H,20,23). The van der Waals surface area contributed by atoms with Gasteiger partial charge in [0.25, 0.3) is 5.91 Å². The summed E-state index contributed by atoms with van der Waals surface area (Å²) in [5.41, 5.74) is 2.81. The van der Waals surface area contributed by atoms with Gasteiger partial charge in [0.1, 0.15) is 5.75 Å². The third-order valence-corrected chi connectivity index (χ3v) is 3.85. The zero-order chi connectivity index (χ0) is 17.4. The van der Waals surface area contributed by atoms with Crippen LogP contribution in [0.3, 0.4) is 0 Å². The van der Waals surface area contributed by atoms with Gasteiger partial charge in [0.15, 0.2) is 0 Å². The molecular formula is C19H24N2O3. The second kappa shape index (κ2) is 9.05. The Labute approximate surface area is 142 Å². The molecule has 1 amide bonds. The number of benzene rings is 2. The Hall–Kier alpha value is -2.37. The lowest BCUT2D eigenvalue weighted by Crippen LogP contribution is -2.26. The van der Waals surface area contributed by atoms with Crippen LogP contribution in [0.4, 0.5) is 0 Å². The number of amides is 1. The topological polar surface area (TPSA) is 61.8 Å². The summed E-state index contributed by atoms with van der Waals surface area (Å²) in [6, 6.07) is 15.4. The summed E-state index contributed by atoms with van der Waals surface area (Å²) >= 11 is 0. The number of rotatable bonds is 8. The number of carbonyl (C=O) groups is 1. The highest BCUT2D eigenvalue weighted by molar-refractivity contribution is 5.93. The second-order valence-electron chi connectivity index (χ2n) is 5.52. The Kier molecular flexibility index (Phi) is 6.78. The average Bonchev–Trinajstić information content (AvgIpc) is 2.62. The molecule has 0 spiro atoms. The molecule has 0 aliphatic carbocycles. The van der Waals surface area contributed by atoms with Crippen LogP contribution in [0, 0.1) is 0 Å². The van der Waals surface area contributed by atoms with Gasteiger partial charge in [0.05, 0.1) is 13.7 Å². The number of aliphatic hydroxyl groups is 1.